The molecule has 0 aliphatic carbocycles. The number of hydrogen-bond acceptors (Lipinski definition) is 6. The third-order valence-electron chi connectivity index (χ3n) is 3.35. The third-order valence-corrected chi connectivity index (χ3v) is 6.65. The normalized spacial score (nSPS) is 12.1. The molecule has 0 fully saturated rings. The predicted molar refractivity (Wildman–Crippen MR) is 101 cm³/mol. The lowest BCUT2D eigenvalue weighted by Gasteiger charge is -2.10. The highest BCUT2D eigenvalue weighted by Crippen LogP contribution is 2.28. The number of carbonyl (C=O) groups is 1. The molecule has 0 aliphatic rings. The molecular weight excluding hydrogens is 435 g/mol. The number of thiazole rings is 1. The molecule has 1 aromatic carbocycles. The second-order valence-electron chi connectivity index (χ2n) is 5.43. The number of nitrogens with one attached hydrogen (secondary N) is 2. The minimum Gasteiger partial charge on any atom is -0.321 e. The Hall–Kier alpha value is -2.28. The van der Waals surface area contributed by atoms with Gasteiger partial charge in [0.2, 0.25) is 10.0 Å². The molecule has 0 saturated carbocycles. The number of aromatic nitrogens is 1. The molecule has 0 saturated heterocycles. The van der Waals surface area contributed by atoms with Crippen LogP contribution in [0.3, 0.4) is 0 Å². The fourth-order valence-electron chi connectivity index (χ4n) is 2.06. The van der Waals surface area contributed by atoms with E-state index in [-0.39, 0.29) is 16.3 Å². The molecule has 3 aromatic rings. The summed E-state index contributed by atoms with van der Waals surface area (Å²) in [4.78, 5) is 17.1. The van der Waals surface area contributed by atoms with E-state index in [0.717, 1.165) is 17.0 Å². The highest BCUT2D eigenvalue weighted by molar-refractivity contribution is 7.89. The fourth-order valence-corrected chi connectivity index (χ4v) is 4.69. The molecule has 2 aromatic heterocycles. The average Bonchev–Trinajstić information content (AvgIpc) is 3.31. The van der Waals surface area contributed by atoms with Crippen molar-refractivity contribution in [2.75, 3.05) is 11.9 Å². The highest BCUT2D eigenvalue weighted by atomic mass is 32.2. The Bertz CT molecular complexity index is 1060. The van der Waals surface area contributed by atoms with Crippen LogP contribution in [0, 0.1) is 0 Å². The Morgan fingerprint density at radius 3 is 2.43 bits per heavy atom. The summed E-state index contributed by atoms with van der Waals surface area (Å²) in [6, 6.07) is 8.54. The van der Waals surface area contributed by atoms with E-state index < -0.39 is 28.7 Å². The summed E-state index contributed by atoms with van der Waals surface area (Å²) >= 11 is 2.82. The number of hydrogen-bond donors (Lipinski definition) is 2. The molecule has 2 N–H and O–H groups in total. The lowest BCUT2D eigenvalue weighted by molar-refractivity contribution is -0.121. The van der Waals surface area contributed by atoms with Crippen LogP contribution in [0.1, 0.15) is 10.5 Å². The number of carbonyl (C=O) groups excluding carboxylic acids is 1. The van der Waals surface area contributed by atoms with Crippen LogP contribution in [0.25, 0.3) is 9.88 Å². The molecule has 148 valence electrons. The van der Waals surface area contributed by atoms with Gasteiger partial charge in [-0.2, -0.15) is 13.2 Å². The SMILES string of the molecule is O=C(Nc1ccc(S(=O)(=O)NCC(F)(F)F)cc1)c1csc(-c2cccs2)n1. The van der Waals surface area contributed by atoms with Gasteiger partial charge < -0.3 is 5.32 Å². The van der Waals surface area contributed by atoms with Gasteiger partial charge in [0.1, 0.15) is 17.2 Å². The lowest BCUT2D eigenvalue weighted by atomic mass is 10.3. The summed E-state index contributed by atoms with van der Waals surface area (Å²) < 4.78 is 61.7. The van der Waals surface area contributed by atoms with Crippen LogP contribution in [0.5, 0.6) is 0 Å². The minimum atomic E-state index is -4.66. The Labute approximate surface area is 166 Å². The van der Waals surface area contributed by atoms with Crippen LogP contribution in [-0.4, -0.2) is 32.0 Å². The van der Waals surface area contributed by atoms with Crippen molar-refractivity contribution < 1.29 is 26.4 Å². The second-order valence-corrected chi connectivity index (χ2v) is 9.01. The monoisotopic (exact) mass is 447 g/mol. The van der Waals surface area contributed by atoms with Crippen LogP contribution in [0.4, 0.5) is 18.9 Å². The van der Waals surface area contributed by atoms with E-state index in [1.165, 1.54) is 39.5 Å². The zero-order valence-corrected chi connectivity index (χ0v) is 16.3. The van der Waals surface area contributed by atoms with Gasteiger partial charge in [0.25, 0.3) is 5.91 Å². The smallest absolute Gasteiger partial charge is 0.321 e. The summed E-state index contributed by atoms with van der Waals surface area (Å²) in [7, 11) is -4.30. The van der Waals surface area contributed by atoms with Crippen molar-refractivity contribution in [3.05, 3.63) is 52.9 Å². The van der Waals surface area contributed by atoms with Crippen LogP contribution >= 0.6 is 22.7 Å². The Kier molecular flexibility index (Phi) is 5.84. The molecule has 0 radical (unpaired) electrons. The van der Waals surface area contributed by atoms with E-state index in [2.05, 4.69) is 10.3 Å². The molecule has 0 atom stereocenters. The van der Waals surface area contributed by atoms with E-state index in [1.54, 1.807) is 5.38 Å². The summed E-state index contributed by atoms with van der Waals surface area (Å²) in [5.74, 6) is -0.482. The Morgan fingerprint density at radius 1 is 1.11 bits per heavy atom. The summed E-state index contributed by atoms with van der Waals surface area (Å²) in [6.45, 7) is -1.66. The largest absolute Gasteiger partial charge is 0.402 e. The first-order valence-electron chi connectivity index (χ1n) is 7.61. The van der Waals surface area contributed by atoms with Gasteiger partial charge in [-0.3, -0.25) is 4.79 Å². The van der Waals surface area contributed by atoms with Crippen molar-refractivity contribution in [1.82, 2.24) is 9.71 Å². The van der Waals surface area contributed by atoms with Crippen molar-refractivity contribution in [3.8, 4) is 9.88 Å². The molecule has 28 heavy (non-hydrogen) atoms. The first-order valence-corrected chi connectivity index (χ1v) is 10.9. The van der Waals surface area contributed by atoms with Crippen molar-refractivity contribution in [1.29, 1.82) is 0 Å². The molecule has 0 bridgehead atoms. The van der Waals surface area contributed by atoms with Crippen LogP contribution in [0.2, 0.25) is 0 Å². The zero-order chi connectivity index (χ0) is 20.4. The van der Waals surface area contributed by atoms with Crippen molar-refractivity contribution in [3.63, 3.8) is 0 Å². The van der Waals surface area contributed by atoms with Gasteiger partial charge in [-0.25, -0.2) is 18.1 Å². The first-order chi connectivity index (χ1) is 13.1. The van der Waals surface area contributed by atoms with Gasteiger partial charge in [-0.05, 0) is 35.7 Å². The molecule has 0 spiro atoms. The Balaban J connectivity index is 1.66. The maximum Gasteiger partial charge on any atom is 0.402 e. The number of benzene rings is 1. The highest BCUT2D eigenvalue weighted by Gasteiger charge is 2.30. The van der Waals surface area contributed by atoms with Gasteiger partial charge in [0.05, 0.1) is 9.77 Å². The van der Waals surface area contributed by atoms with Gasteiger partial charge in [0.15, 0.2) is 0 Å². The lowest BCUT2D eigenvalue weighted by Crippen LogP contribution is -2.33. The van der Waals surface area contributed by atoms with E-state index in [9.17, 15) is 26.4 Å². The molecule has 3 rings (SSSR count). The number of rotatable bonds is 6. The van der Waals surface area contributed by atoms with Gasteiger partial charge in [-0.15, -0.1) is 22.7 Å². The van der Waals surface area contributed by atoms with Crippen LogP contribution in [0.15, 0.2) is 52.1 Å². The quantitative estimate of drug-likeness (QED) is 0.599. The number of alkyl halides is 3. The number of thiophene rings is 1. The number of sulfonamides is 1. The molecule has 2 heterocycles. The van der Waals surface area contributed by atoms with Gasteiger partial charge in [-0.1, -0.05) is 6.07 Å². The van der Waals surface area contributed by atoms with Crippen molar-refractivity contribution in [2.45, 2.75) is 11.1 Å². The van der Waals surface area contributed by atoms with Gasteiger partial charge >= 0.3 is 6.18 Å². The minimum absolute atomic E-state index is 0.206. The van der Waals surface area contributed by atoms with Crippen molar-refractivity contribution in [2.24, 2.45) is 0 Å². The van der Waals surface area contributed by atoms with E-state index in [0.29, 0.717) is 5.01 Å². The van der Waals surface area contributed by atoms with E-state index in [1.807, 2.05) is 17.5 Å². The summed E-state index contributed by atoms with van der Waals surface area (Å²) in [6.07, 6.45) is -4.66. The maximum absolute atomic E-state index is 12.3. The first kappa shape index (κ1) is 20.5. The second kappa shape index (κ2) is 7.99. The molecule has 12 heteroatoms. The number of halogens is 3. The topological polar surface area (TPSA) is 88.2 Å². The maximum atomic E-state index is 12.3. The van der Waals surface area contributed by atoms with E-state index >= 15 is 0 Å². The molecule has 1 amide bonds. The van der Waals surface area contributed by atoms with Crippen LogP contribution < -0.4 is 10.0 Å². The average molecular weight is 447 g/mol. The molecule has 0 aliphatic heterocycles. The molecular formula is C16H12F3N3O3S3. The van der Waals surface area contributed by atoms with E-state index in [4.69, 9.17) is 0 Å². The predicted octanol–water partition coefficient (Wildman–Crippen LogP) is 3.96. The number of amides is 1. The molecule has 0 unspecified atom stereocenters. The standard InChI is InChI=1S/C16H12F3N3O3S3/c17-16(18,19)9-20-28(24,25)11-5-3-10(4-6-11)21-14(23)12-8-27-15(22-12)13-2-1-7-26-13/h1-8,20H,9H2,(H,21,23). The number of nitrogens with zero attached hydrogens (tertiary/aromatic N) is 1. The number of anilines is 1. The molecule has 6 nitrogen and oxygen atoms in total. The van der Waals surface area contributed by atoms with Gasteiger partial charge in [0, 0.05) is 11.1 Å². The summed E-state index contributed by atoms with van der Waals surface area (Å²) in [5.41, 5.74) is 0.488. The third kappa shape index (κ3) is 5.16. The van der Waals surface area contributed by atoms with Crippen molar-refractivity contribution >= 4 is 44.3 Å². The summed E-state index contributed by atoms with van der Waals surface area (Å²) in [5, 5.41) is 6.77. The zero-order valence-electron chi connectivity index (χ0n) is 13.9. The Morgan fingerprint density at radius 2 is 1.82 bits per heavy atom. The van der Waals surface area contributed by atoms with Crippen LogP contribution in [-0.2, 0) is 10.0 Å². The fraction of sp³-hybridized carbons (Fsp3) is 0.125.